The van der Waals surface area contributed by atoms with Crippen LogP contribution in [0.4, 0.5) is 0 Å². The minimum absolute atomic E-state index is 0.384. The van der Waals surface area contributed by atoms with Crippen LogP contribution in [-0.2, 0) is 11.3 Å². The van der Waals surface area contributed by atoms with Crippen molar-refractivity contribution in [2.45, 2.75) is 6.54 Å². The summed E-state index contributed by atoms with van der Waals surface area (Å²) >= 11 is 1.65. The number of benzene rings is 1. The van der Waals surface area contributed by atoms with Crippen molar-refractivity contribution >= 4 is 17.2 Å². The summed E-state index contributed by atoms with van der Waals surface area (Å²) in [5.41, 5.74) is 3.36. The predicted molar refractivity (Wildman–Crippen MR) is 70.4 cm³/mol. The van der Waals surface area contributed by atoms with Gasteiger partial charge in [-0.2, -0.15) is 11.3 Å². The van der Waals surface area contributed by atoms with Gasteiger partial charge in [-0.1, -0.05) is 24.3 Å². The number of terminal acetylenes is 1. The van der Waals surface area contributed by atoms with Crippen LogP contribution >= 0.6 is 11.3 Å². The standard InChI is InChI=1S/C14H11NOS/c1-2-14(16)15-9-11-5-3-4-6-13(11)12-7-8-17-10-12/h1,3-8,10H,9H2,(H,15,16). The van der Waals surface area contributed by atoms with Gasteiger partial charge in [0, 0.05) is 6.54 Å². The van der Waals surface area contributed by atoms with Crippen LogP contribution in [0.5, 0.6) is 0 Å². The van der Waals surface area contributed by atoms with Crippen LogP contribution in [0.1, 0.15) is 5.56 Å². The summed E-state index contributed by atoms with van der Waals surface area (Å²) in [5, 5.41) is 6.80. The molecule has 17 heavy (non-hydrogen) atoms. The number of thiophene rings is 1. The Labute approximate surface area is 104 Å². The fraction of sp³-hybridized carbons (Fsp3) is 0.0714. The van der Waals surface area contributed by atoms with Crippen LogP contribution in [0, 0.1) is 12.3 Å². The van der Waals surface area contributed by atoms with E-state index in [1.165, 1.54) is 5.56 Å². The molecule has 2 aromatic rings. The minimum Gasteiger partial charge on any atom is -0.341 e. The summed E-state index contributed by atoms with van der Waals surface area (Å²) < 4.78 is 0. The Hall–Kier alpha value is -2.05. The van der Waals surface area contributed by atoms with Gasteiger partial charge in [0.15, 0.2) is 0 Å². The third-order valence-electron chi connectivity index (χ3n) is 2.42. The van der Waals surface area contributed by atoms with E-state index in [0.717, 1.165) is 11.1 Å². The number of rotatable bonds is 3. The first-order valence-electron chi connectivity index (χ1n) is 5.16. The monoisotopic (exact) mass is 241 g/mol. The number of carbonyl (C=O) groups excluding carboxylic acids is 1. The van der Waals surface area contributed by atoms with Gasteiger partial charge in [-0.05, 0) is 39.4 Å². The Balaban J connectivity index is 2.23. The molecule has 0 aliphatic carbocycles. The lowest BCUT2D eigenvalue weighted by molar-refractivity contribution is -0.115. The van der Waals surface area contributed by atoms with Crippen molar-refractivity contribution in [3.05, 3.63) is 46.7 Å². The summed E-state index contributed by atoms with van der Waals surface area (Å²) in [6.45, 7) is 0.453. The number of hydrogen-bond acceptors (Lipinski definition) is 2. The maximum absolute atomic E-state index is 11.0. The normalized spacial score (nSPS) is 9.59. The molecule has 0 aliphatic rings. The van der Waals surface area contributed by atoms with Crippen molar-refractivity contribution < 1.29 is 4.79 Å². The molecule has 1 aromatic carbocycles. The molecular weight excluding hydrogens is 230 g/mol. The first kappa shape index (κ1) is 11.4. The second-order valence-corrected chi connectivity index (χ2v) is 4.28. The van der Waals surface area contributed by atoms with Gasteiger partial charge in [0.05, 0.1) is 0 Å². The topological polar surface area (TPSA) is 29.1 Å². The summed E-state index contributed by atoms with van der Waals surface area (Å²) in [5.74, 6) is 1.66. The molecule has 0 unspecified atom stereocenters. The summed E-state index contributed by atoms with van der Waals surface area (Å²) in [6, 6.07) is 10.0. The van der Waals surface area contributed by atoms with Crippen LogP contribution in [0.3, 0.4) is 0 Å². The van der Waals surface area contributed by atoms with Gasteiger partial charge < -0.3 is 5.32 Å². The molecule has 0 radical (unpaired) electrons. The Morgan fingerprint density at radius 1 is 1.35 bits per heavy atom. The van der Waals surface area contributed by atoms with E-state index in [1.807, 2.05) is 35.6 Å². The summed E-state index contributed by atoms with van der Waals surface area (Å²) in [4.78, 5) is 11.0. The molecule has 0 aliphatic heterocycles. The molecule has 1 aromatic heterocycles. The zero-order valence-corrected chi connectivity index (χ0v) is 9.96. The van der Waals surface area contributed by atoms with Crippen LogP contribution in [0.2, 0.25) is 0 Å². The van der Waals surface area contributed by atoms with E-state index in [4.69, 9.17) is 6.42 Å². The first-order chi connectivity index (χ1) is 8.31. The van der Waals surface area contributed by atoms with Crippen molar-refractivity contribution in [3.63, 3.8) is 0 Å². The van der Waals surface area contributed by atoms with Gasteiger partial charge in [0.25, 0.3) is 5.91 Å². The second-order valence-electron chi connectivity index (χ2n) is 3.50. The fourth-order valence-corrected chi connectivity index (χ4v) is 2.26. The summed E-state index contributed by atoms with van der Waals surface area (Å²) in [6.07, 6.45) is 5.01. The molecule has 84 valence electrons. The van der Waals surface area contributed by atoms with Crippen LogP contribution in [0.15, 0.2) is 41.1 Å². The van der Waals surface area contributed by atoms with E-state index < -0.39 is 0 Å². The van der Waals surface area contributed by atoms with Crippen molar-refractivity contribution in [3.8, 4) is 23.5 Å². The molecular formula is C14H11NOS. The van der Waals surface area contributed by atoms with Gasteiger partial charge >= 0.3 is 0 Å². The molecule has 1 N–H and O–H groups in total. The Kier molecular flexibility index (Phi) is 3.59. The van der Waals surface area contributed by atoms with Gasteiger partial charge in [0.1, 0.15) is 0 Å². The van der Waals surface area contributed by atoms with Gasteiger partial charge in [0.2, 0.25) is 0 Å². The highest BCUT2D eigenvalue weighted by Gasteiger charge is 2.05. The largest absolute Gasteiger partial charge is 0.341 e. The third-order valence-corrected chi connectivity index (χ3v) is 3.10. The van der Waals surface area contributed by atoms with Crippen LogP contribution in [-0.4, -0.2) is 5.91 Å². The molecule has 1 heterocycles. The highest BCUT2D eigenvalue weighted by atomic mass is 32.1. The zero-order valence-electron chi connectivity index (χ0n) is 9.14. The highest BCUT2D eigenvalue weighted by Crippen LogP contribution is 2.25. The van der Waals surface area contributed by atoms with Crippen LogP contribution in [0.25, 0.3) is 11.1 Å². The van der Waals surface area contributed by atoms with E-state index in [-0.39, 0.29) is 5.91 Å². The van der Waals surface area contributed by atoms with Gasteiger partial charge in [-0.15, -0.1) is 6.42 Å². The maximum atomic E-state index is 11.0. The molecule has 1 amide bonds. The van der Waals surface area contributed by atoms with E-state index in [0.29, 0.717) is 6.54 Å². The van der Waals surface area contributed by atoms with Crippen molar-refractivity contribution in [2.24, 2.45) is 0 Å². The first-order valence-corrected chi connectivity index (χ1v) is 6.10. The van der Waals surface area contributed by atoms with Crippen molar-refractivity contribution in [2.75, 3.05) is 0 Å². The molecule has 0 bridgehead atoms. The average Bonchev–Trinajstić information content (AvgIpc) is 2.90. The molecule has 2 nitrogen and oxygen atoms in total. The molecule has 0 fully saturated rings. The maximum Gasteiger partial charge on any atom is 0.295 e. The van der Waals surface area contributed by atoms with Gasteiger partial charge in [-0.25, -0.2) is 0 Å². The van der Waals surface area contributed by atoms with Gasteiger partial charge in [-0.3, -0.25) is 4.79 Å². The highest BCUT2D eigenvalue weighted by molar-refractivity contribution is 7.08. The molecule has 0 spiro atoms. The van der Waals surface area contributed by atoms with E-state index in [9.17, 15) is 4.79 Å². The second kappa shape index (κ2) is 5.33. The van der Waals surface area contributed by atoms with E-state index in [1.54, 1.807) is 11.3 Å². The molecule has 0 saturated heterocycles. The number of hydrogen-bond donors (Lipinski definition) is 1. The number of amides is 1. The van der Waals surface area contributed by atoms with Crippen LogP contribution < -0.4 is 5.32 Å². The number of carbonyl (C=O) groups is 1. The Morgan fingerprint density at radius 3 is 2.88 bits per heavy atom. The van der Waals surface area contributed by atoms with Crippen molar-refractivity contribution in [1.29, 1.82) is 0 Å². The SMILES string of the molecule is C#CC(=O)NCc1ccccc1-c1ccsc1. The number of nitrogens with one attached hydrogen (secondary N) is 1. The lowest BCUT2D eigenvalue weighted by Gasteiger charge is -2.08. The van der Waals surface area contributed by atoms with E-state index >= 15 is 0 Å². The smallest absolute Gasteiger partial charge is 0.295 e. The third kappa shape index (κ3) is 2.74. The minimum atomic E-state index is -0.384. The van der Waals surface area contributed by atoms with E-state index in [2.05, 4.69) is 16.8 Å². The Morgan fingerprint density at radius 2 is 2.18 bits per heavy atom. The molecule has 0 atom stereocenters. The molecule has 0 saturated carbocycles. The summed E-state index contributed by atoms with van der Waals surface area (Å²) in [7, 11) is 0. The lowest BCUT2D eigenvalue weighted by atomic mass is 10.0. The van der Waals surface area contributed by atoms with Crippen molar-refractivity contribution in [1.82, 2.24) is 5.32 Å². The average molecular weight is 241 g/mol. The zero-order chi connectivity index (χ0) is 12.1. The quantitative estimate of drug-likeness (QED) is 0.822. The fourth-order valence-electron chi connectivity index (χ4n) is 1.60. The lowest BCUT2D eigenvalue weighted by Crippen LogP contribution is -2.20. The molecule has 3 heteroatoms. The molecule has 2 rings (SSSR count). The predicted octanol–water partition coefficient (Wildman–Crippen LogP) is 2.66. The Bertz CT molecular complexity index is 552.